The Bertz CT molecular complexity index is 729. The summed E-state index contributed by atoms with van der Waals surface area (Å²) in [5, 5.41) is 32.8. The van der Waals surface area contributed by atoms with Gasteiger partial charge >= 0.3 is 0 Å². The Kier molecular flexibility index (Phi) is 5.49. The van der Waals surface area contributed by atoms with Gasteiger partial charge in [0, 0.05) is 0 Å². The molecule has 0 aliphatic heterocycles. The molecule has 134 valence electrons. The van der Waals surface area contributed by atoms with Crippen molar-refractivity contribution in [3.63, 3.8) is 0 Å². The van der Waals surface area contributed by atoms with Crippen LogP contribution in [0.1, 0.15) is 19.8 Å². The molecule has 3 N–H and O–H groups in total. The molecule has 0 unspecified atom stereocenters. The molecule has 0 radical (unpaired) electrons. The minimum Gasteiger partial charge on any atom is -0.508 e. The second kappa shape index (κ2) is 7.80. The lowest BCUT2D eigenvalue weighted by Gasteiger charge is -2.27. The van der Waals surface area contributed by atoms with E-state index < -0.39 is 7.26 Å². The van der Waals surface area contributed by atoms with E-state index in [1.165, 1.54) is 15.9 Å². The summed E-state index contributed by atoms with van der Waals surface area (Å²) in [6.45, 7) is 2.18. The molecule has 0 spiro atoms. The Morgan fingerprint density at radius 2 is 0.885 bits per heavy atom. The van der Waals surface area contributed by atoms with Crippen molar-refractivity contribution in [1.82, 2.24) is 0 Å². The van der Waals surface area contributed by atoms with Crippen LogP contribution < -0.4 is 15.9 Å². The number of unbranched alkanes of at least 4 members (excludes halogenated alkanes) is 1. The van der Waals surface area contributed by atoms with Crippen LogP contribution in [-0.4, -0.2) is 21.5 Å². The second-order valence-electron chi connectivity index (χ2n) is 6.44. The predicted molar refractivity (Wildman–Crippen MR) is 110 cm³/mol. The fraction of sp³-hybridized carbons (Fsp3) is 0.182. The van der Waals surface area contributed by atoms with E-state index in [1.54, 1.807) is 36.4 Å². The molecule has 0 saturated carbocycles. The zero-order valence-electron chi connectivity index (χ0n) is 14.8. The van der Waals surface area contributed by atoms with Gasteiger partial charge in [0.05, 0.1) is 6.16 Å². The number of rotatable bonds is 6. The number of hydrogen-bond donors (Lipinski definition) is 3. The maximum absolute atomic E-state index is 9.76. The smallest absolute Gasteiger partial charge is 0.115 e. The van der Waals surface area contributed by atoms with Gasteiger partial charge in [-0.2, -0.15) is 0 Å². The van der Waals surface area contributed by atoms with Crippen LogP contribution in [0.4, 0.5) is 0 Å². The Morgan fingerprint density at radius 3 is 1.15 bits per heavy atom. The zero-order chi connectivity index (χ0) is 18.6. The first kappa shape index (κ1) is 18.3. The summed E-state index contributed by atoms with van der Waals surface area (Å²) in [7, 11) is -1.96. The van der Waals surface area contributed by atoms with Crippen molar-refractivity contribution in [2.45, 2.75) is 19.8 Å². The number of phenols is 3. The van der Waals surface area contributed by atoms with Crippen molar-refractivity contribution in [2.75, 3.05) is 6.16 Å². The Morgan fingerprint density at radius 1 is 0.577 bits per heavy atom. The van der Waals surface area contributed by atoms with Gasteiger partial charge in [-0.3, -0.25) is 0 Å². The Labute approximate surface area is 154 Å². The van der Waals surface area contributed by atoms with Gasteiger partial charge in [0.1, 0.15) is 40.4 Å². The number of aromatic hydroxyl groups is 3. The van der Waals surface area contributed by atoms with Crippen LogP contribution >= 0.6 is 7.26 Å². The van der Waals surface area contributed by atoms with Crippen molar-refractivity contribution < 1.29 is 15.3 Å². The molecule has 3 rings (SSSR count). The second-order valence-corrected chi connectivity index (χ2v) is 10.1. The summed E-state index contributed by atoms with van der Waals surface area (Å²) in [6.07, 6.45) is 3.14. The highest BCUT2D eigenvalue weighted by Gasteiger charge is 2.44. The molecule has 0 heterocycles. The van der Waals surface area contributed by atoms with Gasteiger partial charge in [-0.1, -0.05) is 13.3 Å². The minimum atomic E-state index is -1.96. The molecule has 3 aromatic rings. The lowest BCUT2D eigenvalue weighted by atomic mass is 10.3. The molecule has 26 heavy (non-hydrogen) atoms. The normalized spacial score (nSPS) is 11.4. The van der Waals surface area contributed by atoms with Gasteiger partial charge in [0.2, 0.25) is 0 Å². The standard InChI is InChI=1S/C22H23O3P/c1-2-3-16-26(20-10-4-17(23)5-11-20,21-12-6-18(24)7-13-21)22-14-8-19(25)9-15-22/h4-15H,2-3,16H2,1H3,(H2-,23,24,25)/p+1. The molecule has 0 saturated heterocycles. The van der Waals surface area contributed by atoms with Gasteiger partial charge in [-0.15, -0.1) is 0 Å². The van der Waals surface area contributed by atoms with Crippen LogP contribution in [0.2, 0.25) is 0 Å². The SMILES string of the molecule is CCCC[P+](c1ccc(O)cc1)(c1ccc(O)cc1)c1ccc(O)cc1. The highest BCUT2D eigenvalue weighted by molar-refractivity contribution is 7.95. The fourth-order valence-electron chi connectivity index (χ4n) is 3.35. The lowest BCUT2D eigenvalue weighted by molar-refractivity contribution is 0.475. The Hall–Kier alpha value is -2.51. The van der Waals surface area contributed by atoms with E-state index >= 15 is 0 Å². The first-order valence-corrected chi connectivity index (χ1v) is 10.8. The van der Waals surface area contributed by atoms with Crippen molar-refractivity contribution >= 4 is 23.2 Å². The maximum Gasteiger partial charge on any atom is 0.115 e. The molecular weight excluding hydrogens is 343 g/mol. The van der Waals surface area contributed by atoms with Crippen molar-refractivity contribution in [2.24, 2.45) is 0 Å². The van der Waals surface area contributed by atoms with Gasteiger partial charge in [-0.05, 0) is 79.2 Å². The zero-order valence-corrected chi connectivity index (χ0v) is 15.7. The first-order valence-electron chi connectivity index (χ1n) is 8.83. The summed E-state index contributed by atoms with van der Waals surface area (Å²) < 4.78 is 0. The summed E-state index contributed by atoms with van der Waals surface area (Å²) in [4.78, 5) is 0. The summed E-state index contributed by atoms with van der Waals surface area (Å²) in [5.41, 5.74) is 0. The van der Waals surface area contributed by atoms with Crippen molar-refractivity contribution in [3.05, 3.63) is 72.8 Å². The fourth-order valence-corrected chi connectivity index (χ4v) is 7.78. The predicted octanol–water partition coefficient (Wildman–Crippen LogP) is 3.90. The molecule has 0 aliphatic rings. The van der Waals surface area contributed by atoms with E-state index in [2.05, 4.69) is 6.92 Å². The maximum atomic E-state index is 9.76. The molecule has 0 aliphatic carbocycles. The van der Waals surface area contributed by atoms with E-state index in [9.17, 15) is 15.3 Å². The molecule has 3 nitrogen and oxygen atoms in total. The third kappa shape index (κ3) is 3.54. The molecular formula is C22H24O3P+. The summed E-state index contributed by atoms with van der Waals surface area (Å²) in [6, 6.07) is 22.4. The lowest BCUT2D eigenvalue weighted by Crippen LogP contribution is -2.33. The van der Waals surface area contributed by atoms with Crippen molar-refractivity contribution in [1.29, 1.82) is 0 Å². The van der Waals surface area contributed by atoms with Crippen LogP contribution in [0.25, 0.3) is 0 Å². The molecule has 0 bridgehead atoms. The van der Waals surface area contributed by atoms with E-state index in [0.717, 1.165) is 19.0 Å². The molecule has 3 aromatic carbocycles. The van der Waals surface area contributed by atoms with Gasteiger partial charge in [0.25, 0.3) is 0 Å². The van der Waals surface area contributed by atoms with Gasteiger partial charge < -0.3 is 15.3 Å². The summed E-state index contributed by atoms with van der Waals surface area (Å²) >= 11 is 0. The van der Waals surface area contributed by atoms with Crippen molar-refractivity contribution in [3.8, 4) is 17.2 Å². The third-order valence-electron chi connectivity index (χ3n) is 4.72. The topological polar surface area (TPSA) is 60.7 Å². The molecule has 0 aromatic heterocycles. The van der Waals surface area contributed by atoms with Crippen LogP contribution in [0.3, 0.4) is 0 Å². The van der Waals surface area contributed by atoms with Crippen LogP contribution in [-0.2, 0) is 0 Å². The third-order valence-corrected chi connectivity index (χ3v) is 9.24. The molecule has 0 atom stereocenters. The molecule has 0 fully saturated rings. The van der Waals surface area contributed by atoms with Gasteiger partial charge in [-0.25, -0.2) is 0 Å². The minimum absolute atomic E-state index is 0.249. The average Bonchev–Trinajstić information content (AvgIpc) is 2.66. The number of phenolic OH excluding ortho intramolecular Hbond substituents is 3. The Balaban J connectivity index is 2.27. The monoisotopic (exact) mass is 367 g/mol. The van der Waals surface area contributed by atoms with E-state index in [4.69, 9.17) is 0 Å². The highest BCUT2D eigenvalue weighted by atomic mass is 31.2. The van der Waals surface area contributed by atoms with Gasteiger partial charge in [0.15, 0.2) is 0 Å². The van der Waals surface area contributed by atoms with E-state index in [1.807, 2.05) is 36.4 Å². The van der Waals surface area contributed by atoms with E-state index in [-0.39, 0.29) is 17.2 Å². The summed E-state index contributed by atoms with van der Waals surface area (Å²) in [5.74, 6) is 0.747. The number of hydrogen-bond acceptors (Lipinski definition) is 3. The number of benzene rings is 3. The quantitative estimate of drug-likeness (QED) is 0.579. The molecule has 4 heteroatoms. The average molecular weight is 367 g/mol. The molecule has 0 amide bonds. The largest absolute Gasteiger partial charge is 0.508 e. The first-order chi connectivity index (χ1) is 12.6. The van der Waals surface area contributed by atoms with Crippen LogP contribution in [0.15, 0.2) is 72.8 Å². The highest BCUT2D eigenvalue weighted by Crippen LogP contribution is 2.56. The van der Waals surface area contributed by atoms with E-state index in [0.29, 0.717) is 0 Å². The van der Waals surface area contributed by atoms with Crippen LogP contribution in [0, 0.1) is 0 Å². The van der Waals surface area contributed by atoms with Crippen LogP contribution in [0.5, 0.6) is 17.2 Å².